The predicted molar refractivity (Wildman–Crippen MR) is 119 cm³/mol. The summed E-state index contributed by atoms with van der Waals surface area (Å²) in [6, 6.07) is 6.44. The molecule has 0 atom stereocenters. The van der Waals surface area contributed by atoms with Crippen molar-refractivity contribution in [2.45, 2.75) is 57.3 Å². The Hall–Kier alpha value is -2.01. The van der Waals surface area contributed by atoms with Crippen LogP contribution < -0.4 is 14.8 Å². The van der Waals surface area contributed by atoms with Gasteiger partial charge in [0.05, 0.1) is 19.2 Å². The number of rotatable bonds is 8. The van der Waals surface area contributed by atoms with Gasteiger partial charge in [0.25, 0.3) is 0 Å². The average molecular weight is 398 g/mol. The molecule has 2 heterocycles. The number of nitrogens with zero attached hydrogens (tertiary/aromatic N) is 2. The third-order valence-electron chi connectivity index (χ3n) is 6.50. The summed E-state index contributed by atoms with van der Waals surface area (Å²) in [6.07, 6.45) is 10.2. The average Bonchev–Trinajstić information content (AvgIpc) is 3.29. The van der Waals surface area contributed by atoms with E-state index in [4.69, 9.17) is 14.5 Å². The molecule has 1 aliphatic carbocycles. The number of hydrogen-bond acceptors (Lipinski definition) is 5. The van der Waals surface area contributed by atoms with E-state index in [1.165, 1.54) is 69.0 Å². The van der Waals surface area contributed by atoms with Gasteiger partial charge >= 0.3 is 0 Å². The third-order valence-corrected chi connectivity index (χ3v) is 6.50. The van der Waals surface area contributed by atoms with E-state index >= 15 is 0 Å². The molecule has 2 aliphatic rings. The van der Waals surface area contributed by atoms with Crippen LogP contribution in [-0.4, -0.2) is 50.3 Å². The summed E-state index contributed by atoms with van der Waals surface area (Å²) in [7, 11) is 3.67. The van der Waals surface area contributed by atoms with Crippen molar-refractivity contribution in [1.29, 1.82) is 0 Å². The molecule has 1 N–H and O–H groups in total. The van der Waals surface area contributed by atoms with Crippen molar-refractivity contribution in [3.8, 4) is 11.5 Å². The van der Waals surface area contributed by atoms with Crippen molar-refractivity contribution in [3.63, 3.8) is 0 Å². The molecule has 5 nitrogen and oxygen atoms in total. The topological polar surface area (TPSA) is 46.6 Å². The zero-order valence-electron chi connectivity index (χ0n) is 18.0. The lowest BCUT2D eigenvalue weighted by molar-refractivity contribution is 0.254. The van der Waals surface area contributed by atoms with Gasteiger partial charge in [0.1, 0.15) is 5.82 Å². The number of benzene rings is 1. The van der Waals surface area contributed by atoms with Gasteiger partial charge in [0.2, 0.25) is 0 Å². The highest BCUT2D eigenvalue weighted by Gasteiger charge is 2.21. The summed E-state index contributed by atoms with van der Waals surface area (Å²) in [5.74, 6) is 3.16. The maximum atomic E-state index is 6.14. The van der Waals surface area contributed by atoms with Crippen LogP contribution in [-0.2, 0) is 0 Å². The van der Waals surface area contributed by atoms with Gasteiger partial charge in [-0.25, -0.2) is 4.98 Å². The van der Waals surface area contributed by atoms with E-state index in [0.717, 1.165) is 35.8 Å². The van der Waals surface area contributed by atoms with Gasteiger partial charge in [-0.3, -0.25) is 0 Å². The zero-order valence-corrected chi connectivity index (χ0v) is 18.0. The van der Waals surface area contributed by atoms with Crippen molar-refractivity contribution >= 4 is 16.7 Å². The van der Waals surface area contributed by atoms with Crippen molar-refractivity contribution in [2.75, 3.05) is 45.7 Å². The van der Waals surface area contributed by atoms with Gasteiger partial charge in [-0.05, 0) is 68.8 Å². The Morgan fingerprint density at radius 1 is 1.03 bits per heavy atom. The second-order valence-electron chi connectivity index (χ2n) is 8.45. The molecule has 1 aromatic carbocycles. The van der Waals surface area contributed by atoms with Crippen LogP contribution in [0.15, 0.2) is 18.2 Å². The Bertz CT molecular complexity index is 811. The van der Waals surface area contributed by atoms with Crippen LogP contribution in [0.2, 0.25) is 0 Å². The van der Waals surface area contributed by atoms with Gasteiger partial charge in [0, 0.05) is 25.0 Å². The molecule has 1 aliphatic heterocycles. The van der Waals surface area contributed by atoms with Crippen LogP contribution in [0, 0.1) is 0 Å². The number of ether oxygens (including phenoxy) is 2. The SMILES string of the molecule is CNc1cc(C2CCCCC2)c2cc(OC)c(OCCCN3CCCC3)cc2n1. The molecule has 0 amide bonds. The summed E-state index contributed by atoms with van der Waals surface area (Å²) in [4.78, 5) is 7.35. The zero-order chi connectivity index (χ0) is 20.1. The van der Waals surface area contributed by atoms with Crippen LogP contribution in [0.3, 0.4) is 0 Å². The van der Waals surface area contributed by atoms with Crippen molar-refractivity contribution < 1.29 is 9.47 Å². The van der Waals surface area contributed by atoms with E-state index in [9.17, 15) is 0 Å². The monoisotopic (exact) mass is 397 g/mol. The standard InChI is InChI=1S/C24H35N3O2/c1-25-24-16-19(18-9-4-3-5-10-18)20-15-22(28-2)23(17-21(20)26-24)29-14-8-13-27-11-6-7-12-27/h15-18H,3-14H2,1-2H3,(H,25,26). The number of nitrogens with one attached hydrogen (secondary N) is 1. The first-order valence-corrected chi connectivity index (χ1v) is 11.3. The maximum Gasteiger partial charge on any atom is 0.163 e. The van der Waals surface area contributed by atoms with E-state index < -0.39 is 0 Å². The highest BCUT2D eigenvalue weighted by Crippen LogP contribution is 2.40. The molecule has 0 spiro atoms. The molecule has 1 saturated heterocycles. The minimum Gasteiger partial charge on any atom is -0.493 e. The highest BCUT2D eigenvalue weighted by molar-refractivity contribution is 5.88. The summed E-state index contributed by atoms with van der Waals surface area (Å²) < 4.78 is 11.8. The lowest BCUT2D eigenvalue weighted by Crippen LogP contribution is -2.21. The van der Waals surface area contributed by atoms with Crippen LogP contribution in [0.5, 0.6) is 11.5 Å². The highest BCUT2D eigenvalue weighted by atomic mass is 16.5. The Kier molecular flexibility index (Phi) is 6.75. The van der Waals surface area contributed by atoms with E-state index in [1.807, 2.05) is 7.05 Å². The summed E-state index contributed by atoms with van der Waals surface area (Å²) in [6.45, 7) is 4.29. The summed E-state index contributed by atoms with van der Waals surface area (Å²) >= 11 is 0. The Balaban J connectivity index is 1.56. The fourth-order valence-electron chi connectivity index (χ4n) is 4.89. The van der Waals surface area contributed by atoms with Gasteiger partial charge in [-0.1, -0.05) is 19.3 Å². The number of hydrogen-bond donors (Lipinski definition) is 1. The second kappa shape index (κ2) is 9.66. The Labute approximate surface area is 174 Å². The third kappa shape index (κ3) is 4.77. The Morgan fingerprint density at radius 3 is 2.55 bits per heavy atom. The minimum absolute atomic E-state index is 0.610. The number of anilines is 1. The van der Waals surface area contributed by atoms with E-state index in [-0.39, 0.29) is 0 Å². The largest absolute Gasteiger partial charge is 0.493 e. The molecule has 0 unspecified atom stereocenters. The van der Waals surface area contributed by atoms with Crippen molar-refractivity contribution in [1.82, 2.24) is 9.88 Å². The molecule has 2 fully saturated rings. The van der Waals surface area contributed by atoms with Crippen LogP contribution in [0.25, 0.3) is 10.9 Å². The van der Waals surface area contributed by atoms with E-state index in [0.29, 0.717) is 12.5 Å². The lowest BCUT2D eigenvalue weighted by Gasteiger charge is -2.24. The molecule has 5 heteroatoms. The molecule has 1 aromatic heterocycles. The minimum atomic E-state index is 0.610. The molecular weight excluding hydrogens is 362 g/mol. The summed E-state index contributed by atoms with van der Waals surface area (Å²) in [5.41, 5.74) is 2.39. The van der Waals surface area contributed by atoms with Crippen LogP contribution >= 0.6 is 0 Å². The van der Waals surface area contributed by atoms with E-state index in [1.54, 1.807) is 7.11 Å². The van der Waals surface area contributed by atoms with Crippen molar-refractivity contribution in [2.24, 2.45) is 0 Å². The normalized spacial score (nSPS) is 18.3. The molecule has 4 rings (SSSR count). The number of likely N-dealkylation sites (tertiary alicyclic amines) is 1. The molecule has 2 aromatic rings. The fraction of sp³-hybridized carbons (Fsp3) is 0.625. The molecule has 158 valence electrons. The van der Waals surface area contributed by atoms with Gasteiger partial charge in [0.15, 0.2) is 11.5 Å². The van der Waals surface area contributed by atoms with Gasteiger partial charge < -0.3 is 19.7 Å². The van der Waals surface area contributed by atoms with Crippen LogP contribution in [0.1, 0.15) is 62.8 Å². The van der Waals surface area contributed by atoms with Crippen LogP contribution in [0.4, 0.5) is 5.82 Å². The Morgan fingerprint density at radius 2 is 1.83 bits per heavy atom. The number of methoxy groups -OCH3 is 1. The molecule has 1 saturated carbocycles. The number of aromatic nitrogens is 1. The quantitative estimate of drug-likeness (QED) is 0.621. The predicted octanol–water partition coefficient (Wildman–Crippen LogP) is 5.20. The second-order valence-corrected chi connectivity index (χ2v) is 8.45. The first kappa shape index (κ1) is 20.3. The maximum absolute atomic E-state index is 6.14. The molecule has 29 heavy (non-hydrogen) atoms. The number of pyridine rings is 1. The smallest absolute Gasteiger partial charge is 0.163 e. The van der Waals surface area contributed by atoms with Gasteiger partial charge in [-0.15, -0.1) is 0 Å². The molecule has 0 bridgehead atoms. The first-order valence-electron chi connectivity index (χ1n) is 11.3. The van der Waals surface area contributed by atoms with Gasteiger partial charge in [-0.2, -0.15) is 0 Å². The number of fused-ring (bicyclic) bond motifs is 1. The first-order chi connectivity index (χ1) is 14.3. The lowest BCUT2D eigenvalue weighted by atomic mass is 9.82. The van der Waals surface area contributed by atoms with E-state index in [2.05, 4.69) is 28.4 Å². The molecular formula is C24H35N3O2. The molecule has 0 radical (unpaired) electrons. The fourth-order valence-corrected chi connectivity index (χ4v) is 4.89. The summed E-state index contributed by atoms with van der Waals surface area (Å²) in [5, 5.41) is 4.45. The van der Waals surface area contributed by atoms with Crippen molar-refractivity contribution in [3.05, 3.63) is 23.8 Å².